The number of anilines is 1. The second-order valence-electron chi connectivity index (χ2n) is 12.4. The number of aryl methyl sites for hydroxylation is 2. The monoisotopic (exact) mass is 620 g/mol. The van der Waals surface area contributed by atoms with Gasteiger partial charge in [-0.05, 0) is 58.3 Å². The third-order valence-corrected chi connectivity index (χ3v) is 9.20. The number of hydrogen-bond acceptors (Lipinski definition) is 8. The molecule has 2 aromatic rings. The number of likely N-dealkylation sites (tertiary alicyclic amines) is 1. The molecule has 0 spiro atoms. The van der Waals surface area contributed by atoms with Gasteiger partial charge in [-0.2, -0.15) is 10.4 Å². The van der Waals surface area contributed by atoms with Gasteiger partial charge in [-0.3, -0.25) is 28.6 Å². The fraction of sp³-hybridized carbons (Fsp3) is 0.656. The standard InChI is InChI=1S/C14H21N3O2.C8H9N3O2.C7H8N2O.C3H6/c1-3-16-13(18)5-4-12-10(2)15-17(14(12)16)11-6-8-19-9-7-11;9-8(13)5-1-2-6-10-4-3-7(12)11(5)6;8-3-6-1-5-2-7(5)9(6)4-10;1-2-3-1/h11H,3-9H2,1-2H3;3-5H,1-2H2,(H2,9,13);4-7H,1-2H2;1-3H2. The average molecular weight is 621 g/mol. The van der Waals surface area contributed by atoms with Crippen LogP contribution in [0.5, 0.6) is 0 Å². The topological polar surface area (TPSA) is 169 Å². The summed E-state index contributed by atoms with van der Waals surface area (Å²) in [4.78, 5) is 52.3. The van der Waals surface area contributed by atoms with E-state index in [0.717, 1.165) is 69.8 Å². The Labute approximate surface area is 263 Å². The average Bonchev–Trinajstić information content (AvgIpc) is 3.97. The molecule has 242 valence electrons. The van der Waals surface area contributed by atoms with Crippen LogP contribution in [0, 0.1) is 24.2 Å². The Morgan fingerprint density at radius 2 is 1.87 bits per heavy atom. The van der Waals surface area contributed by atoms with E-state index in [1.165, 1.54) is 41.7 Å². The maximum atomic E-state index is 12.1. The van der Waals surface area contributed by atoms with E-state index in [4.69, 9.17) is 20.8 Å². The molecule has 4 atom stereocenters. The molecule has 0 radical (unpaired) electrons. The van der Waals surface area contributed by atoms with Crippen LogP contribution >= 0.6 is 0 Å². The number of nitrogens with zero attached hydrogens (tertiary/aromatic N) is 7. The number of nitriles is 1. The predicted octanol–water partition coefficient (Wildman–Crippen LogP) is 2.36. The predicted molar refractivity (Wildman–Crippen MR) is 165 cm³/mol. The van der Waals surface area contributed by atoms with Crippen molar-refractivity contribution in [3.63, 3.8) is 0 Å². The molecular formula is C32H44N8O5. The number of nitrogens with two attached hydrogens (primary N) is 1. The largest absolute Gasteiger partial charge is 0.381 e. The minimum absolute atomic E-state index is 0.124. The Balaban J connectivity index is 0.000000133. The van der Waals surface area contributed by atoms with E-state index in [9.17, 15) is 19.2 Å². The summed E-state index contributed by atoms with van der Waals surface area (Å²) in [6.45, 7) is 6.39. The summed E-state index contributed by atoms with van der Waals surface area (Å²) in [6, 6.07) is 3.62. The number of hydrogen-bond donors (Lipinski definition) is 1. The number of aromatic nitrogens is 4. The Hall–Kier alpha value is -4.05. The van der Waals surface area contributed by atoms with Gasteiger partial charge in [-0.25, -0.2) is 9.67 Å². The van der Waals surface area contributed by atoms with Crippen LogP contribution in [-0.4, -0.2) is 74.3 Å². The van der Waals surface area contributed by atoms with Gasteiger partial charge in [0.05, 0.1) is 17.8 Å². The highest BCUT2D eigenvalue weighted by Crippen LogP contribution is 2.46. The summed E-state index contributed by atoms with van der Waals surface area (Å²) in [5, 5.41) is 13.3. The van der Waals surface area contributed by atoms with Gasteiger partial charge >= 0.3 is 0 Å². The van der Waals surface area contributed by atoms with E-state index in [0.29, 0.717) is 43.1 Å². The number of piperidine rings is 1. The normalized spacial score (nSPS) is 25.5. The zero-order valence-corrected chi connectivity index (χ0v) is 26.3. The minimum Gasteiger partial charge on any atom is -0.381 e. The molecule has 2 saturated carbocycles. The van der Waals surface area contributed by atoms with Crippen molar-refractivity contribution in [1.82, 2.24) is 24.2 Å². The third-order valence-electron chi connectivity index (χ3n) is 9.20. The first-order valence-electron chi connectivity index (χ1n) is 16.2. The second kappa shape index (κ2) is 14.4. The zero-order chi connectivity index (χ0) is 32.1. The van der Waals surface area contributed by atoms with Gasteiger partial charge in [0.15, 0.2) is 0 Å². The molecule has 2 saturated heterocycles. The summed E-state index contributed by atoms with van der Waals surface area (Å²) >= 11 is 0. The number of carbonyl (C=O) groups is 3. The van der Waals surface area contributed by atoms with E-state index < -0.39 is 11.9 Å². The van der Waals surface area contributed by atoms with Crippen LogP contribution in [0.3, 0.4) is 0 Å². The second-order valence-corrected chi connectivity index (χ2v) is 12.4. The van der Waals surface area contributed by atoms with Crippen molar-refractivity contribution in [1.29, 1.82) is 5.26 Å². The van der Waals surface area contributed by atoms with Gasteiger partial charge in [-0.1, -0.05) is 19.3 Å². The molecule has 0 bridgehead atoms. The lowest BCUT2D eigenvalue weighted by atomic mass is 10.0. The highest BCUT2D eigenvalue weighted by Gasteiger charge is 2.51. The van der Waals surface area contributed by atoms with Crippen LogP contribution < -0.4 is 16.2 Å². The van der Waals surface area contributed by atoms with Crippen molar-refractivity contribution < 1.29 is 19.1 Å². The summed E-state index contributed by atoms with van der Waals surface area (Å²) in [5.74, 6) is 2.10. The number of carbonyl (C=O) groups excluding carboxylic acids is 3. The van der Waals surface area contributed by atoms with Gasteiger partial charge in [-0.15, -0.1) is 0 Å². The molecule has 8 rings (SSSR count). The van der Waals surface area contributed by atoms with E-state index in [2.05, 4.69) is 22.7 Å². The molecule has 6 heterocycles. The van der Waals surface area contributed by atoms with Gasteiger partial charge in [0.25, 0.3) is 5.56 Å². The number of rotatable bonds is 4. The SMILES string of the molecule is C1CC1.CCN1C(=O)CCc2c(C)nn(C3CCOCC3)c21.N#CC1CC2CC2N1C=O.NC(=O)C1CCc2nccc(=O)n21. The lowest BCUT2D eigenvalue weighted by Crippen LogP contribution is -2.37. The van der Waals surface area contributed by atoms with E-state index in [-0.39, 0.29) is 17.5 Å². The first-order chi connectivity index (χ1) is 21.8. The lowest BCUT2D eigenvalue weighted by Gasteiger charge is -2.31. The van der Waals surface area contributed by atoms with Crippen LogP contribution in [0.4, 0.5) is 5.82 Å². The molecule has 45 heavy (non-hydrogen) atoms. The van der Waals surface area contributed by atoms with Crippen molar-refractivity contribution >= 4 is 24.0 Å². The fourth-order valence-corrected chi connectivity index (χ4v) is 6.54. The molecule has 2 N–H and O–H groups in total. The van der Waals surface area contributed by atoms with Crippen molar-refractivity contribution in [2.24, 2.45) is 11.7 Å². The Bertz CT molecular complexity index is 1480. The highest BCUT2D eigenvalue weighted by molar-refractivity contribution is 5.95. The number of fused-ring (bicyclic) bond motifs is 3. The summed E-state index contributed by atoms with van der Waals surface area (Å²) in [5.41, 5.74) is 7.29. The van der Waals surface area contributed by atoms with Gasteiger partial charge in [0, 0.05) is 56.5 Å². The van der Waals surface area contributed by atoms with E-state index in [1.54, 1.807) is 4.90 Å². The highest BCUT2D eigenvalue weighted by atomic mass is 16.5. The molecule has 4 fully saturated rings. The first kappa shape index (κ1) is 32.3. The molecule has 13 nitrogen and oxygen atoms in total. The quantitative estimate of drug-likeness (QED) is 0.508. The molecule has 4 unspecified atom stereocenters. The van der Waals surface area contributed by atoms with Gasteiger partial charge in [0.2, 0.25) is 18.2 Å². The summed E-state index contributed by atoms with van der Waals surface area (Å²) in [7, 11) is 0. The Kier molecular flexibility index (Phi) is 10.3. The van der Waals surface area contributed by atoms with Crippen LogP contribution in [-0.2, 0) is 32.0 Å². The van der Waals surface area contributed by atoms with Crippen LogP contribution in [0.2, 0.25) is 0 Å². The molecule has 13 heteroatoms. The molecule has 2 aliphatic carbocycles. The van der Waals surface area contributed by atoms with Crippen LogP contribution in [0.25, 0.3) is 0 Å². The van der Waals surface area contributed by atoms with Crippen molar-refractivity contribution in [2.75, 3.05) is 24.7 Å². The maximum Gasteiger partial charge on any atom is 0.254 e. The molecule has 4 aliphatic heterocycles. The maximum absolute atomic E-state index is 12.1. The molecule has 6 aliphatic rings. The number of amides is 3. The smallest absolute Gasteiger partial charge is 0.254 e. The zero-order valence-electron chi connectivity index (χ0n) is 26.3. The van der Waals surface area contributed by atoms with Crippen molar-refractivity contribution in [3.05, 3.63) is 39.7 Å². The molecular weight excluding hydrogens is 576 g/mol. The van der Waals surface area contributed by atoms with Gasteiger partial charge in [0.1, 0.15) is 23.7 Å². The fourth-order valence-electron chi connectivity index (χ4n) is 6.54. The Morgan fingerprint density at radius 3 is 2.47 bits per heavy atom. The van der Waals surface area contributed by atoms with Crippen LogP contribution in [0.15, 0.2) is 17.1 Å². The number of primary amides is 1. The lowest BCUT2D eigenvalue weighted by molar-refractivity contribution is -0.121. The van der Waals surface area contributed by atoms with Crippen molar-refractivity contribution in [3.8, 4) is 6.07 Å². The third kappa shape index (κ3) is 7.27. The van der Waals surface area contributed by atoms with Gasteiger partial charge < -0.3 is 15.4 Å². The first-order valence-corrected chi connectivity index (χ1v) is 16.2. The van der Waals surface area contributed by atoms with E-state index >= 15 is 0 Å². The minimum atomic E-state index is -0.504. The van der Waals surface area contributed by atoms with Crippen LogP contribution in [0.1, 0.15) is 93.9 Å². The van der Waals surface area contributed by atoms with E-state index in [1.807, 2.05) is 11.8 Å². The summed E-state index contributed by atoms with van der Waals surface area (Å²) in [6.07, 6.45) is 13.4. The summed E-state index contributed by atoms with van der Waals surface area (Å²) < 4.78 is 8.89. The Morgan fingerprint density at radius 1 is 1.13 bits per heavy atom. The molecule has 3 amide bonds. The number of ether oxygens (including phenoxy) is 1. The van der Waals surface area contributed by atoms with Crippen molar-refractivity contribution in [2.45, 2.75) is 109 Å². The molecule has 0 aromatic carbocycles. The molecule has 2 aromatic heterocycles.